The fourth-order valence-electron chi connectivity index (χ4n) is 3.88. The van der Waals surface area contributed by atoms with Gasteiger partial charge < -0.3 is 20.1 Å². The van der Waals surface area contributed by atoms with Crippen LogP contribution >= 0.6 is 0 Å². The lowest BCUT2D eigenvalue weighted by Crippen LogP contribution is -2.43. The van der Waals surface area contributed by atoms with Crippen LogP contribution in [0.3, 0.4) is 0 Å². The highest BCUT2D eigenvalue weighted by atomic mass is 16.6. The summed E-state index contributed by atoms with van der Waals surface area (Å²) in [6.45, 7) is 1.07. The zero-order valence-electron chi connectivity index (χ0n) is 18.2. The summed E-state index contributed by atoms with van der Waals surface area (Å²) in [4.78, 5) is 17.3. The molecule has 4 atom stereocenters. The summed E-state index contributed by atoms with van der Waals surface area (Å²) in [5.74, 6) is 0.339. The molecule has 1 aromatic carbocycles. The van der Waals surface area contributed by atoms with Crippen LogP contribution in [-0.2, 0) is 4.74 Å². The standard InChI is InChI=1S/C23H23N7O4/c1-23(11-31)19(33)18(32)22(34-23)30-13-27-17-20(25-12-26-21(17)30)29-28-16(14-7-3-2-4-8-14)15-9-5-6-10-24-15/h2-10,12-13,18-19,22,31-33H,11H2,1H3,(H,25,26,29)/b28-16-/t18-,19+,22-,23-/m1/s1. The Morgan fingerprint density at radius 3 is 2.59 bits per heavy atom. The molecule has 1 aliphatic heterocycles. The summed E-state index contributed by atoms with van der Waals surface area (Å²) >= 11 is 0. The minimum absolute atomic E-state index is 0.339. The largest absolute Gasteiger partial charge is 0.393 e. The number of anilines is 1. The van der Waals surface area contributed by atoms with E-state index in [0.29, 0.717) is 28.4 Å². The van der Waals surface area contributed by atoms with Gasteiger partial charge in [0.1, 0.15) is 29.8 Å². The van der Waals surface area contributed by atoms with E-state index in [1.807, 2.05) is 48.5 Å². The second-order valence-electron chi connectivity index (χ2n) is 8.11. The molecule has 4 aromatic rings. The first-order valence-electron chi connectivity index (χ1n) is 10.6. The maximum atomic E-state index is 10.5. The van der Waals surface area contributed by atoms with E-state index < -0.39 is 30.6 Å². The first kappa shape index (κ1) is 22.0. The highest BCUT2D eigenvalue weighted by Gasteiger charge is 2.52. The van der Waals surface area contributed by atoms with Gasteiger partial charge in [-0.3, -0.25) is 15.0 Å². The van der Waals surface area contributed by atoms with E-state index in [4.69, 9.17) is 4.74 Å². The number of nitrogens with one attached hydrogen (secondary N) is 1. The van der Waals surface area contributed by atoms with Crippen LogP contribution in [0.5, 0.6) is 0 Å². The number of ether oxygens (including phenoxy) is 1. The number of nitrogens with zero attached hydrogens (tertiary/aromatic N) is 6. The lowest BCUT2D eigenvalue weighted by atomic mass is 9.99. The van der Waals surface area contributed by atoms with Crippen molar-refractivity contribution in [2.24, 2.45) is 5.10 Å². The normalized spacial score (nSPS) is 25.1. The Kier molecular flexibility index (Phi) is 5.75. The molecule has 34 heavy (non-hydrogen) atoms. The van der Waals surface area contributed by atoms with Crippen LogP contribution in [0, 0.1) is 0 Å². The van der Waals surface area contributed by atoms with Crippen molar-refractivity contribution in [1.82, 2.24) is 24.5 Å². The van der Waals surface area contributed by atoms with Crippen LogP contribution < -0.4 is 5.43 Å². The molecule has 1 fully saturated rings. The van der Waals surface area contributed by atoms with Crippen LogP contribution in [-0.4, -0.2) is 70.0 Å². The molecule has 1 saturated heterocycles. The van der Waals surface area contributed by atoms with Crippen molar-refractivity contribution in [2.75, 3.05) is 12.0 Å². The summed E-state index contributed by atoms with van der Waals surface area (Å²) in [7, 11) is 0. The number of hydrazone groups is 1. The van der Waals surface area contributed by atoms with E-state index in [9.17, 15) is 15.3 Å². The molecule has 11 heteroatoms. The minimum Gasteiger partial charge on any atom is -0.393 e. The number of benzene rings is 1. The van der Waals surface area contributed by atoms with Crippen LogP contribution in [0.4, 0.5) is 5.82 Å². The molecule has 4 heterocycles. The fraction of sp³-hybridized carbons (Fsp3) is 0.261. The quantitative estimate of drug-likeness (QED) is 0.244. The number of aliphatic hydroxyl groups excluding tert-OH is 3. The Hall–Kier alpha value is -3.77. The van der Waals surface area contributed by atoms with E-state index in [0.717, 1.165) is 5.56 Å². The second kappa shape index (κ2) is 8.88. The Morgan fingerprint density at radius 1 is 1.09 bits per heavy atom. The van der Waals surface area contributed by atoms with Crippen molar-refractivity contribution in [3.05, 3.63) is 78.6 Å². The van der Waals surface area contributed by atoms with Gasteiger partial charge in [0.2, 0.25) is 0 Å². The van der Waals surface area contributed by atoms with Gasteiger partial charge in [0.15, 0.2) is 23.2 Å². The topological polar surface area (TPSA) is 151 Å². The highest BCUT2D eigenvalue weighted by Crippen LogP contribution is 2.38. The highest BCUT2D eigenvalue weighted by molar-refractivity contribution is 6.12. The van der Waals surface area contributed by atoms with E-state index in [1.165, 1.54) is 24.1 Å². The van der Waals surface area contributed by atoms with Gasteiger partial charge in [0.25, 0.3) is 0 Å². The molecule has 174 valence electrons. The van der Waals surface area contributed by atoms with Crippen LogP contribution in [0.2, 0.25) is 0 Å². The van der Waals surface area contributed by atoms with Crippen molar-refractivity contribution < 1.29 is 20.1 Å². The molecule has 0 bridgehead atoms. The van der Waals surface area contributed by atoms with Gasteiger partial charge in [-0.05, 0) is 19.1 Å². The number of fused-ring (bicyclic) bond motifs is 1. The smallest absolute Gasteiger partial charge is 0.177 e. The molecule has 0 saturated carbocycles. The summed E-state index contributed by atoms with van der Waals surface area (Å²) in [6.07, 6.45) is 0.916. The maximum absolute atomic E-state index is 10.5. The summed E-state index contributed by atoms with van der Waals surface area (Å²) in [5, 5.41) is 35.1. The number of hydrogen-bond acceptors (Lipinski definition) is 10. The molecule has 0 amide bonds. The van der Waals surface area contributed by atoms with Crippen LogP contribution in [0.25, 0.3) is 11.2 Å². The average molecular weight is 461 g/mol. The molecule has 5 rings (SSSR count). The molecule has 0 unspecified atom stereocenters. The lowest BCUT2D eigenvalue weighted by molar-refractivity contribution is -0.115. The Bertz CT molecular complexity index is 1270. The van der Waals surface area contributed by atoms with Crippen LogP contribution in [0.15, 0.2) is 72.5 Å². The number of pyridine rings is 1. The molecule has 0 spiro atoms. The van der Waals surface area contributed by atoms with Gasteiger partial charge in [0, 0.05) is 11.8 Å². The van der Waals surface area contributed by atoms with Crippen molar-refractivity contribution in [3.8, 4) is 0 Å². The molecule has 0 radical (unpaired) electrons. The number of rotatable bonds is 6. The average Bonchev–Trinajstić information content (AvgIpc) is 3.41. The van der Waals surface area contributed by atoms with Crippen molar-refractivity contribution in [2.45, 2.75) is 31.0 Å². The third-order valence-corrected chi connectivity index (χ3v) is 5.81. The fourth-order valence-corrected chi connectivity index (χ4v) is 3.88. The monoisotopic (exact) mass is 461 g/mol. The molecule has 0 aliphatic carbocycles. The van der Waals surface area contributed by atoms with Crippen molar-refractivity contribution >= 4 is 22.7 Å². The zero-order chi connectivity index (χ0) is 23.7. The minimum atomic E-state index is -1.31. The van der Waals surface area contributed by atoms with Crippen molar-refractivity contribution in [1.29, 1.82) is 0 Å². The first-order valence-corrected chi connectivity index (χ1v) is 10.6. The van der Waals surface area contributed by atoms with Gasteiger partial charge >= 0.3 is 0 Å². The molecule has 3 aromatic heterocycles. The Labute approximate surface area is 194 Å². The first-order chi connectivity index (χ1) is 16.5. The summed E-state index contributed by atoms with van der Waals surface area (Å²) < 4.78 is 7.28. The number of aliphatic hydroxyl groups is 3. The predicted octanol–water partition coefficient (Wildman–Crippen LogP) is 1.09. The molecule has 1 aliphatic rings. The third kappa shape index (κ3) is 3.80. The lowest BCUT2D eigenvalue weighted by Gasteiger charge is -2.24. The molecular formula is C23H23N7O4. The second-order valence-corrected chi connectivity index (χ2v) is 8.11. The number of aromatic nitrogens is 5. The molecule has 4 N–H and O–H groups in total. The van der Waals surface area contributed by atoms with Crippen LogP contribution in [0.1, 0.15) is 24.4 Å². The summed E-state index contributed by atoms with van der Waals surface area (Å²) in [6, 6.07) is 15.2. The van der Waals surface area contributed by atoms with Gasteiger partial charge in [-0.2, -0.15) is 5.10 Å². The van der Waals surface area contributed by atoms with Gasteiger partial charge in [0.05, 0.1) is 18.6 Å². The third-order valence-electron chi connectivity index (χ3n) is 5.81. The number of imidazole rings is 1. The Balaban J connectivity index is 1.51. The van der Waals surface area contributed by atoms with Gasteiger partial charge in [-0.15, -0.1) is 0 Å². The van der Waals surface area contributed by atoms with E-state index in [-0.39, 0.29) is 0 Å². The Morgan fingerprint density at radius 2 is 1.88 bits per heavy atom. The van der Waals surface area contributed by atoms with E-state index >= 15 is 0 Å². The van der Waals surface area contributed by atoms with E-state index in [2.05, 4.69) is 30.5 Å². The van der Waals surface area contributed by atoms with E-state index in [1.54, 1.807) is 6.20 Å². The van der Waals surface area contributed by atoms with Crippen molar-refractivity contribution in [3.63, 3.8) is 0 Å². The summed E-state index contributed by atoms with van der Waals surface area (Å²) in [5.41, 5.74) is 4.57. The van der Waals surface area contributed by atoms with Gasteiger partial charge in [-0.1, -0.05) is 36.4 Å². The maximum Gasteiger partial charge on any atom is 0.177 e. The molecule has 11 nitrogen and oxygen atoms in total. The predicted molar refractivity (Wildman–Crippen MR) is 123 cm³/mol. The zero-order valence-corrected chi connectivity index (χ0v) is 18.2. The number of hydrogen-bond donors (Lipinski definition) is 4. The SMILES string of the molecule is C[C@]1(CO)O[C@@H](n2cnc3c(N/N=C(/c4ccccc4)c4ccccn4)ncnc32)[C@H](O)[C@@H]1O. The van der Waals surface area contributed by atoms with Gasteiger partial charge in [-0.25, -0.2) is 15.0 Å². The molecular weight excluding hydrogens is 438 g/mol.